The van der Waals surface area contributed by atoms with Gasteiger partial charge in [0.2, 0.25) is 0 Å². The standard InChI is InChI=1S/C14H15ClN4O/c1-8-3-4-10(5-12(8)15)14(20)19-6-11(7-19)13-16-9(2)17-18-13/h3-5,11H,6-7H2,1-2H3,(H,16,17,18). The number of aromatic nitrogens is 3. The molecule has 1 aliphatic heterocycles. The van der Waals surface area contributed by atoms with Crippen molar-refractivity contribution in [3.63, 3.8) is 0 Å². The molecule has 0 aliphatic carbocycles. The van der Waals surface area contributed by atoms with Crippen LogP contribution in [0.25, 0.3) is 0 Å². The summed E-state index contributed by atoms with van der Waals surface area (Å²) in [5, 5.41) is 7.58. The SMILES string of the molecule is Cc1nc(C2CN(C(=O)c3ccc(C)c(Cl)c3)C2)n[nH]1. The van der Waals surface area contributed by atoms with Crippen LogP contribution in [0.3, 0.4) is 0 Å². The van der Waals surface area contributed by atoms with E-state index in [-0.39, 0.29) is 11.8 Å². The number of rotatable bonds is 2. The highest BCUT2D eigenvalue weighted by Crippen LogP contribution is 2.27. The maximum Gasteiger partial charge on any atom is 0.253 e. The number of nitrogens with one attached hydrogen (secondary N) is 1. The zero-order chi connectivity index (χ0) is 14.3. The number of halogens is 1. The van der Waals surface area contributed by atoms with E-state index in [1.54, 1.807) is 11.0 Å². The Labute approximate surface area is 122 Å². The van der Waals surface area contributed by atoms with Crippen molar-refractivity contribution < 1.29 is 4.79 Å². The number of likely N-dealkylation sites (tertiary alicyclic amines) is 1. The molecule has 1 fully saturated rings. The van der Waals surface area contributed by atoms with Crippen molar-refractivity contribution in [3.8, 4) is 0 Å². The fourth-order valence-electron chi connectivity index (χ4n) is 2.26. The third-order valence-electron chi connectivity index (χ3n) is 3.57. The highest BCUT2D eigenvalue weighted by atomic mass is 35.5. The molecule has 2 aromatic rings. The van der Waals surface area contributed by atoms with Crippen LogP contribution < -0.4 is 0 Å². The van der Waals surface area contributed by atoms with Gasteiger partial charge in [0.15, 0.2) is 5.82 Å². The second-order valence-electron chi connectivity index (χ2n) is 5.15. The largest absolute Gasteiger partial charge is 0.337 e. The smallest absolute Gasteiger partial charge is 0.253 e. The van der Waals surface area contributed by atoms with Crippen molar-refractivity contribution in [2.45, 2.75) is 19.8 Å². The van der Waals surface area contributed by atoms with Crippen LogP contribution in [0.1, 0.15) is 33.5 Å². The van der Waals surface area contributed by atoms with Crippen molar-refractivity contribution in [1.29, 1.82) is 0 Å². The number of amides is 1. The van der Waals surface area contributed by atoms with Crippen LogP contribution in [-0.2, 0) is 0 Å². The Morgan fingerprint density at radius 3 is 2.75 bits per heavy atom. The molecule has 0 bridgehead atoms. The minimum atomic E-state index is 0.00964. The van der Waals surface area contributed by atoms with Gasteiger partial charge in [-0.05, 0) is 31.5 Å². The van der Waals surface area contributed by atoms with E-state index < -0.39 is 0 Å². The Kier molecular flexibility index (Phi) is 3.22. The molecule has 20 heavy (non-hydrogen) atoms. The number of carbonyl (C=O) groups is 1. The first-order valence-corrected chi connectivity index (χ1v) is 6.86. The van der Waals surface area contributed by atoms with Crippen molar-refractivity contribution >= 4 is 17.5 Å². The van der Waals surface area contributed by atoms with Gasteiger partial charge in [0.05, 0.1) is 5.92 Å². The monoisotopic (exact) mass is 290 g/mol. The number of nitrogens with zero attached hydrogens (tertiary/aromatic N) is 3. The third kappa shape index (κ3) is 2.29. The topological polar surface area (TPSA) is 61.9 Å². The number of H-pyrrole nitrogens is 1. The van der Waals surface area contributed by atoms with Crippen molar-refractivity contribution in [1.82, 2.24) is 20.1 Å². The first kappa shape index (κ1) is 13.1. The lowest BCUT2D eigenvalue weighted by atomic mass is 9.98. The van der Waals surface area contributed by atoms with Gasteiger partial charge in [-0.1, -0.05) is 17.7 Å². The molecule has 0 unspecified atom stereocenters. The summed E-state index contributed by atoms with van der Waals surface area (Å²) in [4.78, 5) is 18.4. The van der Waals surface area contributed by atoms with Gasteiger partial charge in [-0.2, -0.15) is 5.10 Å². The summed E-state index contributed by atoms with van der Waals surface area (Å²) >= 11 is 6.06. The quantitative estimate of drug-likeness (QED) is 0.923. The maximum atomic E-state index is 12.3. The molecule has 0 saturated carbocycles. The molecule has 104 valence electrons. The molecule has 3 rings (SSSR count). The molecule has 0 radical (unpaired) electrons. The van der Waals surface area contributed by atoms with Crippen molar-refractivity contribution in [2.24, 2.45) is 0 Å². The molecular formula is C14H15ClN4O. The van der Waals surface area contributed by atoms with E-state index >= 15 is 0 Å². The highest BCUT2D eigenvalue weighted by Gasteiger charge is 2.34. The summed E-state index contributed by atoms with van der Waals surface area (Å²) in [6, 6.07) is 5.41. The predicted octanol–water partition coefficient (Wildman–Crippen LogP) is 2.31. The molecule has 1 amide bonds. The van der Waals surface area contributed by atoms with Gasteiger partial charge in [-0.25, -0.2) is 4.98 Å². The van der Waals surface area contributed by atoms with Crippen LogP contribution in [0.5, 0.6) is 0 Å². The predicted molar refractivity (Wildman–Crippen MR) is 76.0 cm³/mol. The van der Waals surface area contributed by atoms with Gasteiger partial charge < -0.3 is 4.90 Å². The van der Waals surface area contributed by atoms with Crippen LogP contribution in [0.4, 0.5) is 0 Å². The molecule has 1 aliphatic rings. The highest BCUT2D eigenvalue weighted by molar-refractivity contribution is 6.31. The molecule has 1 aromatic heterocycles. The first-order chi connectivity index (χ1) is 9.54. The fraction of sp³-hybridized carbons (Fsp3) is 0.357. The van der Waals surface area contributed by atoms with Gasteiger partial charge in [-0.3, -0.25) is 9.89 Å². The minimum absolute atomic E-state index is 0.00964. The fourth-order valence-corrected chi connectivity index (χ4v) is 2.44. The van der Waals surface area contributed by atoms with Crippen molar-refractivity contribution in [3.05, 3.63) is 46.0 Å². The Morgan fingerprint density at radius 2 is 2.15 bits per heavy atom. The van der Waals surface area contributed by atoms with Gasteiger partial charge in [0.25, 0.3) is 5.91 Å². The molecule has 2 heterocycles. The molecule has 1 aromatic carbocycles. The van der Waals surface area contributed by atoms with E-state index in [1.165, 1.54) is 0 Å². The number of carbonyl (C=O) groups excluding carboxylic acids is 1. The van der Waals surface area contributed by atoms with Crippen LogP contribution in [0.15, 0.2) is 18.2 Å². The first-order valence-electron chi connectivity index (χ1n) is 6.49. The molecular weight excluding hydrogens is 276 g/mol. The zero-order valence-electron chi connectivity index (χ0n) is 11.4. The Hall–Kier alpha value is -1.88. The maximum absolute atomic E-state index is 12.3. The van der Waals surface area contributed by atoms with Crippen LogP contribution in [0.2, 0.25) is 5.02 Å². The lowest BCUT2D eigenvalue weighted by molar-refractivity contribution is 0.0595. The average Bonchev–Trinajstić information content (AvgIpc) is 2.77. The van der Waals surface area contributed by atoms with E-state index in [0.717, 1.165) is 17.2 Å². The number of aryl methyl sites for hydroxylation is 2. The second-order valence-corrected chi connectivity index (χ2v) is 5.56. The summed E-state index contributed by atoms with van der Waals surface area (Å²) in [7, 11) is 0. The number of hydrogen-bond donors (Lipinski definition) is 1. The van der Waals surface area contributed by atoms with Gasteiger partial charge in [-0.15, -0.1) is 0 Å². The van der Waals surface area contributed by atoms with E-state index in [1.807, 2.05) is 26.0 Å². The van der Waals surface area contributed by atoms with Gasteiger partial charge in [0.1, 0.15) is 5.82 Å². The van der Waals surface area contributed by atoms with E-state index in [0.29, 0.717) is 23.7 Å². The van der Waals surface area contributed by atoms with Crippen molar-refractivity contribution in [2.75, 3.05) is 13.1 Å². The van der Waals surface area contributed by atoms with Gasteiger partial charge >= 0.3 is 0 Å². The second kappa shape index (κ2) is 4.90. The molecule has 5 nitrogen and oxygen atoms in total. The molecule has 0 atom stereocenters. The van der Waals surface area contributed by atoms with Crippen LogP contribution >= 0.6 is 11.6 Å². The lowest BCUT2D eigenvalue weighted by Gasteiger charge is -2.37. The summed E-state index contributed by atoms with van der Waals surface area (Å²) < 4.78 is 0. The van der Waals surface area contributed by atoms with Crippen LogP contribution in [0, 0.1) is 13.8 Å². The molecule has 1 saturated heterocycles. The molecule has 1 N–H and O–H groups in total. The summed E-state index contributed by atoms with van der Waals surface area (Å²) in [5.74, 6) is 1.82. The molecule has 6 heteroatoms. The van der Waals surface area contributed by atoms with E-state index in [2.05, 4.69) is 15.2 Å². The van der Waals surface area contributed by atoms with E-state index in [4.69, 9.17) is 11.6 Å². The summed E-state index contributed by atoms with van der Waals surface area (Å²) in [5.41, 5.74) is 1.60. The Balaban J connectivity index is 1.67. The third-order valence-corrected chi connectivity index (χ3v) is 3.97. The average molecular weight is 291 g/mol. The van der Waals surface area contributed by atoms with Gasteiger partial charge in [0, 0.05) is 23.7 Å². The van der Waals surface area contributed by atoms with E-state index in [9.17, 15) is 4.79 Å². The lowest BCUT2D eigenvalue weighted by Crippen LogP contribution is -2.48. The molecule has 0 spiro atoms. The zero-order valence-corrected chi connectivity index (χ0v) is 12.1. The summed E-state index contributed by atoms with van der Waals surface area (Å²) in [6.45, 7) is 5.09. The Morgan fingerprint density at radius 1 is 1.40 bits per heavy atom. The van der Waals surface area contributed by atoms with Crippen LogP contribution in [-0.4, -0.2) is 39.1 Å². The minimum Gasteiger partial charge on any atom is -0.337 e. The number of hydrogen-bond acceptors (Lipinski definition) is 3. The Bertz CT molecular complexity index is 661. The number of benzene rings is 1. The number of aromatic amines is 1. The summed E-state index contributed by atoms with van der Waals surface area (Å²) in [6.07, 6.45) is 0. The normalized spacial score (nSPS) is 15.2.